The number of benzene rings is 1. The average Bonchev–Trinajstić information content (AvgIpc) is 2.83. The predicted molar refractivity (Wildman–Crippen MR) is 71.9 cm³/mol. The van der Waals surface area contributed by atoms with E-state index in [-0.39, 0.29) is 29.1 Å². The van der Waals surface area contributed by atoms with E-state index in [1.54, 1.807) is 12.1 Å². The van der Waals surface area contributed by atoms with Gasteiger partial charge in [-0.2, -0.15) is 0 Å². The Morgan fingerprint density at radius 3 is 2.53 bits per heavy atom. The first-order valence-corrected chi connectivity index (χ1v) is 6.82. The molecule has 4 heteroatoms. The molecule has 3 saturated carbocycles. The van der Waals surface area contributed by atoms with Crippen LogP contribution in [0.4, 0.5) is 10.1 Å². The number of rotatable bonds is 3. The van der Waals surface area contributed by atoms with Gasteiger partial charge in [-0.1, -0.05) is 6.92 Å². The highest BCUT2D eigenvalue weighted by molar-refractivity contribution is 5.93. The molecule has 3 fully saturated rings. The van der Waals surface area contributed by atoms with Gasteiger partial charge in [0.05, 0.1) is 0 Å². The van der Waals surface area contributed by atoms with E-state index in [4.69, 9.17) is 5.73 Å². The number of fused-ring (bicyclic) bond motifs is 1. The third-order valence-electron chi connectivity index (χ3n) is 5.01. The first-order valence-electron chi connectivity index (χ1n) is 6.82. The second kappa shape index (κ2) is 4.30. The molecule has 4 rings (SSSR count). The molecule has 0 saturated heterocycles. The van der Waals surface area contributed by atoms with Gasteiger partial charge in [-0.25, -0.2) is 4.39 Å². The van der Waals surface area contributed by atoms with Crippen LogP contribution in [-0.4, -0.2) is 11.9 Å². The highest BCUT2D eigenvalue weighted by atomic mass is 19.1. The molecule has 3 N–H and O–H groups in total. The van der Waals surface area contributed by atoms with Crippen LogP contribution in [0.2, 0.25) is 0 Å². The molecule has 19 heavy (non-hydrogen) atoms. The van der Waals surface area contributed by atoms with Gasteiger partial charge in [0.1, 0.15) is 5.82 Å². The minimum absolute atomic E-state index is 0.0131. The van der Waals surface area contributed by atoms with Gasteiger partial charge in [0.15, 0.2) is 0 Å². The summed E-state index contributed by atoms with van der Waals surface area (Å²) in [5.74, 6) is 0.288. The Kier molecular flexibility index (Phi) is 2.86. The number of hydrogen-bond donors (Lipinski definition) is 2. The first kappa shape index (κ1) is 12.6. The van der Waals surface area contributed by atoms with Gasteiger partial charge in [0.25, 0.3) is 0 Å². The van der Waals surface area contributed by atoms with Gasteiger partial charge in [0.2, 0.25) is 5.91 Å². The van der Waals surface area contributed by atoms with Gasteiger partial charge in [0, 0.05) is 17.6 Å². The van der Waals surface area contributed by atoms with E-state index < -0.39 is 0 Å². The zero-order valence-corrected chi connectivity index (χ0v) is 11.0. The number of nitrogens with two attached hydrogens (primary N) is 1. The van der Waals surface area contributed by atoms with E-state index in [9.17, 15) is 9.18 Å². The Hall–Kier alpha value is -1.42. The minimum Gasteiger partial charge on any atom is -0.327 e. The summed E-state index contributed by atoms with van der Waals surface area (Å²) in [5, 5.41) is 2.86. The van der Waals surface area contributed by atoms with E-state index in [0.29, 0.717) is 11.6 Å². The molecule has 0 spiro atoms. The third-order valence-corrected chi connectivity index (χ3v) is 5.01. The average molecular weight is 262 g/mol. The smallest absolute Gasteiger partial charge is 0.227 e. The number of anilines is 1. The molecule has 2 atom stereocenters. The van der Waals surface area contributed by atoms with Crippen molar-refractivity contribution in [1.82, 2.24) is 0 Å². The molecule has 1 aromatic rings. The maximum absolute atomic E-state index is 12.8. The molecule has 102 valence electrons. The van der Waals surface area contributed by atoms with Crippen molar-refractivity contribution in [1.29, 1.82) is 0 Å². The van der Waals surface area contributed by atoms with Crippen LogP contribution in [0.1, 0.15) is 26.2 Å². The molecule has 1 aromatic carbocycles. The Bertz CT molecular complexity index is 493. The van der Waals surface area contributed by atoms with Crippen molar-refractivity contribution in [2.75, 3.05) is 5.32 Å². The Labute approximate surface area is 112 Å². The van der Waals surface area contributed by atoms with Gasteiger partial charge in [-0.3, -0.25) is 4.79 Å². The highest BCUT2D eigenvalue weighted by Gasteiger charge is 2.58. The lowest BCUT2D eigenvalue weighted by Gasteiger charge is -2.42. The fourth-order valence-electron chi connectivity index (χ4n) is 3.68. The molecule has 0 aromatic heterocycles. The van der Waals surface area contributed by atoms with Crippen molar-refractivity contribution in [3.8, 4) is 0 Å². The lowest BCUT2D eigenvalue weighted by atomic mass is 9.62. The van der Waals surface area contributed by atoms with E-state index in [2.05, 4.69) is 5.32 Å². The summed E-state index contributed by atoms with van der Waals surface area (Å²) in [6, 6.07) is 6.14. The summed E-state index contributed by atoms with van der Waals surface area (Å²) >= 11 is 0. The normalized spacial score (nSPS) is 33.6. The van der Waals surface area contributed by atoms with E-state index >= 15 is 0 Å². The van der Waals surface area contributed by atoms with Crippen LogP contribution in [0.25, 0.3) is 0 Å². The standard InChI is InChI=1S/C15H19FN2O/c1-9(15-6-10(7-15)13(17)8-15)14(19)18-12-4-2-11(16)3-5-12/h2-5,9-10,13H,6-8,17H2,1H3,(H,18,19). The Morgan fingerprint density at radius 1 is 1.37 bits per heavy atom. The molecule has 0 heterocycles. The summed E-state index contributed by atoms with van der Waals surface area (Å²) in [4.78, 5) is 12.3. The summed E-state index contributed by atoms with van der Waals surface area (Å²) in [6.07, 6.45) is 3.11. The summed E-state index contributed by atoms with van der Waals surface area (Å²) in [6.45, 7) is 1.98. The fourth-order valence-corrected chi connectivity index (χ4v) is 3.68. The van der Waals surface area contributed by atoms with Crippen LogP contribution in [0.5, 0.6) is 0 Å². The van der Waals surface area contributed by atoms with Gasteiger partial charge < -0.3 is 11.1 Å². The topological polar surface area (TPSA) is 55.1 Å². The van der Waals surface area contributed by atoms with Crippen molar-refractivity contribution in [3.63, 3.8) is 0 Å². The van der Waals surface area contributed by atoms with Crippen molar-refractivity contribution in [2.24, 2.45) is 23.0 Å². The molecule has 3 aliphatic carbocycles. The van der Waals surface area contributed by atoms with Gasteiger partial charge in [-0.15, -0.1) is 0 Å². The minimum atomic E-state index is -0.298. The van der Waals surface area contributed by atoms with E-state index in [1.165, 1.54) is 12.1 Å². The maximum Gasteiger partial charge on any atom is 0.227 e. The zero-order valence-electron chi connectivity index (χ0n) is 11.0. The van der Waals surface area contributed by atoms with E-state index in [0.717, 1.165) is 19.3 Å². The molecule has 1 amide bonds. The summed E-state index contributed by atoms with van der Waals surface area (Å²) < 4.78 is 12.8. The SMILES string of the molecule is CC(C(=O)Nc1ccc(F)cc1)C12CC(N)C(C1)C2. The second-order valence-electron chi connectivity index (χ2n) is 6.12. The van der Waals surface area contributed by atoms with Crippen LogP contribution in [0, 0.1) is 23.1 Å². The van der Waals surface area contributed by atoms with Crippen molar-refractivity contribution in [3.05, 3.63) is 30.1 Å². The largest absolute Gasteiger partial charge is 0.327 e. The lowest BCUT2D eigenvalue weighted by molar-refractivity contribution is -0.125. The number of carbonyl (C=O) groups excluding carboxylic acids is 1. The summed E-state index contributed by atoms with van der Waals surface area (Å²) in [7, 11) is 0. The monoisotopic (exact) mass is 262 g/mol. The Morgan fingerprint density at radius 2 is 2.00 bits per heavy atom. The molecule has 2 bridgehead atoms. The second-order valence-corrected chi connectivity index (χ2v) is 6.12. The highest BCUT2D eigenvalue weighted by Crippen LogP contribution is 2.62. The fraction of sp³-hybridized carbons (Fsp3) is 0.533. The summed E-state index contributed by atoms with van der Waals surface area (Å²) in [5.41, 5.74) is 6.79. The number of halogens is 1. The zero-order chi connectivity index (χ0) is 13.6. The van der Waals surface area contributed by atoms with Crippen molar-refractivity contribution in [2.45, 2.75) is 32.2 Å². The van der Waals surface area contributed by atoms with Crippen LogP contribution in [-0.2, 0) is 4.79 Å². The Balaban J connectivity index is 1.66. The third kappa shape index (κ3) is 2.04. The van der Waals surface area contributed by atoms with Crippen LogP contribution in [0.3, 0.4) is 0 Å². The number of hydrogen-bond acceptors (Lipinski definition) is 2. The molecular formula is C15H19FN2O. The predicted octanol–water partition coefficient (Wildman–Crippen LogP) is 2.53. The molecule has 3 nitrogen and oxygen atoms in total. The van der Waals surface area contributed by atoms with Gasteiger partial charge >= 0.3 is 0 Å². The number of carbonyl (C=O) groups is 1. The molecular weight excluding hydrogens is 243 g/mol. The van der Waals surface area contributed by atoms with Crippen molar-refractivity contribution < 1.29 is 9.18 Å². The maximum atomic E-state index is 12.8. The number of amides is 1. The molecule has 0 aliphatic heterocycles. The first-order chi connectivity index (χ1) is 9.00. The van der Waals surface area contributed by atoms with Crippen LogP contribution >= 0.6 is 0 Å². The molecule has 3 aliphatic rings. The number of nitrogens with one attached hydrogen (secondary N) is 1. The molecule has 2 unspecified atom stereocenters. The quantitative estimate of drug-likeness (QED) is 0.879. The van der Waals surface area contributed by atoms with Crippen molar-refractivity contribution >= 4 is 11.6 Å². The lowest BCUT2D eigenvalue weighted by Crippen LogP contribution is -2.41. The van der Waals surface area contributed by atoms with Crippen LogP contribution < -0.4 is 11.1 Å². The molecule has 0 radical (unpaired) electrons. The van der Waals surface area contributed by atoms with E-state index in [1.807, 2.05) is 6.92 Å². The van der Waals surface area contributed by atoms with Gasteiger partial charge in [-0.05, 0) is 54.9 Å². The van der Waals surface area contributed by atoms with Crippen LogP contribution in [0.15, 0.2) is 24.3 Å².